The smallest absolute Gasteiger partial charge is 0.306 e. The van der Waals surface area contributed by atoms with Crippen LogP contribution in [0.4, 0.5) is 4.39 Å². The van der Waals surface area contributed by atoms with Crippen molar-refractivity contribution in [2.45, 2.75) is 25.4 Å². The van der Waals surface area contributed by atoms with Gasteiger partial charge < -0.3 is 9.88 Å². The number of hydrogen-bond donors (Lipinski definition) is 1. The molecule has 5 heteroatoms. The highest BCUT2D eigenvalue weighted by Crippen LogP contribution is 2.18. The molecule has 0 saturated carbocycles. The fourth-order valence-corrected chi connectivity index (χ4v) is 2.73. The fourth-order valence-electron chi connectivity index (χ4n) is 2.73. The summed E-state index contributed by atoms with van der Waals surface area (Å²) in [4.78, 5) is 16.9. The Labute approximate surface area is 104 Å². The number of H-pyrrole nitrogens is 1. The normalized spacial score (nSPS) is 20.9. The molecule has 0 amide bonds. The number of nitrogens with one attached hydrogen (secondary N) is 1. The first-order valence-electron chi connectivity index (χ1n) is 6.23. The van der Waals surface area contributed by atoms with Gasteiger partial charge in [-0.1, -0.05) is 0 Å². The van der Waals surface area contributed by atoms with E-state index in [9.17, 15) is 9.18 Å². The van der Waals surface area contributed by atoms with Crippen LogP contribution in [0.3, 0.4) is 0 Å². The molecular weight excluding hydrogens is 233 g/mol. The first kappa shape index (κ1) is 11.5. The summed E-state index contributed by atoms with van der Waals surface area (Å²) in [6.07, 6.45) is 2.25. The Morgan fingerprint density at radius 1 is 1.50 bits per heavy atom. The number of rotatable bonds is 2. The van der Waals surface area contributed by atoms with Gasteiger partial charge in [-0.25, -0.2) is 9.18 Å². The molecule has 1 saturated heterocycles. The van der Waals surface area contributed by atoms with Gasteiger partial charge in [0.2, 0.25) is 0 Å². The highest BCUT2D eigenvalue weighted by Gasteiger charge is 2.22. The van der Waals surface area contributed by atoms with Crippen LogP contribution in [0.15, 0.2) is 23.0 Å². The summed E-state index contributed by atoms with van der Waals surface area (Å²) >= 11 is 0. The van der Waals surface area contributed by atoms with Crippen molar-refractivity contribution in [3.05, 3.63) is 34.5 Å². The summed E-state index contributed by atoms with van der Waals surface area (Å²) in [5, 5.41) is 0. The lowest BCUT2D eigenvalue weighted by atomic mass is 10.2. The van der Waals surface area contributed by atoms with Crippen LogP contribution in [0.1, 0.15) is 12.8 Å². The second kappa shape index (κ2) is 4.24. The van der Waals surface area contributed by atoms with E-state index < -0.39 is 0 Å². The van der Waals surface area contributed by atoms with Crippen LogP contribution in [0.5, 0.6) is 0 Å². The molecule has 1 unspecified atom stereocenters. The molecule has 1 aromatic heterocycles. The maximum absolute atomic E-state index is 13.3. The van der Waals surface area contributed by atoms with Crippen molar-refractivity contribution in [1.29, 1.82) is 0 Å². The third-order valence-corrected chi connectivity index (χ3v) is 3.80. The van der Waals surface area contributed by atoms with Gasteiger partial charge in [0.25, 0.3) is 0 Å². The maximum Gasteiger partial charge on any atom is 0.326 e. The molecule has 1 N–H and O–H groups in total. The zero-order valence-corrected chi connectivity index (χ0v) is 10.3. The molecule has 18 heavy (non-hydrogen) atoms. The minimum atomic E-state index is -0.310. The summed E-state index contributed by atoms with van der Waals surface area (Å²) in [6.45, 7) is 1.69. The van der Waals surface area contributed by atoms with Crippen molar-refractivity contribution in [3.63, 3.8) is 0 Å². The van der Waals surface area contributed by atoms with Gasteiger partial charge in [-0.3, -0.25) is 4.57 Å². The van der Waals surface area contributed by atoms with Gasteiger partial charge in [-0.15, -0.1) is 0 Å². The monoisotopic (exact) mass is 249 g/mol. The molecule has 1 atom stereocenters. The summed E-state index contributed by atoms with van der Waals surface area (Å²) < 4.78 is 14.9. The first-order valence-corrected chi connectivity index (χ1v) is 6.23. The highest BCUT2D eigenvalue weighted by atomic mass is 19.1. The van der Waals surface area contributed by atoms with E-state index in [0.29, 0.717) is 23.6 Å². The Hall–Kier alpha value is -1.62. The van der Waals surface area contributed by atoms with Crippen molar-refractivity contribution in [3.8, 4) is 0 Å². The zero-order valence-electron chi connectivity index (χ0n) is 10.3. The van der Waals surface area contributed by atoms with Crippen molar-refractivity contribution in [2.24, 2.45) is 0 Å². The minimum Gasteiger partial charge on any atom is -0.306 e. The maximum atomic E-state index is 13.3. The number of benzene rings is 1. The van der Waals surface area contributed by atoms with Crippen molar-refractivity contribution in [1.82, 2.24) is 14.5 Å². The summed E-state index contributed by atoms with van der Waals surface area (Å²) in [5.74, 6) is -0.310. The molecule has 0 spiro atoms. The Kier molecular flexibility index (Phi) is 2.70. The predicted octanol–water partition coefficient (Wildman–Crippen LogP) is 1.56. The Balaban J connectivity index is 2.02. The number of fused-ring (bicyclic) bond motifs is 1. The van der Waals surface area contributed by atoms with Crippen LogP contribution in [-0.4, -0.2) is 34.1 Å². The zero-order chi connectivity index (χ0) is 12.7. The Morgan fingerprint density at radius 3 is 3.06 bits per heavy atom. The van der Waals surface area contributed by atoms with E-state index in [2.05, 4.69) is 16.9 Å². The number of hydrogen-bond acceptors (Lipinski definition) is 2. The lowest BCUT2D eigenvalue weighted by Gasteiger charge is -2.19. The highest BCUT2D eigenvalue weighted by molar-refractivity contribution is 5.75. The molecule has 0 bridgehead atoms. The number of nitrogens with zero attached hydrogens (tertiary/aromatic N) is 2. The fraction of sp³-hybridized carbons (Fsp3) is 0.462. The second-order valence-corrected chi connectivity index (χ2v) is 4.98. The van der Waals surface area contributed by atoms with Gasteiger partial charge in [0.15, 0.2) is 0 Å². The van der Waals surface area contributed by atoms with Gasteiger partial charge in [-0.2, -0.15) is 0 Å². The van der Waals surface area contributed by atoms with Crippen LogP contribution in [0, 0.1) is 5.82 Å². The summed E-state index contributed by atoms with van der Waals surface area (Å²) in [6, 6.07) is 4.76. The van der Waals surface area contributed by atoms with Gasteiger partial charge in [-0.05, 0) is 44.6 Å². The number of aromatic nitrogens is 2. The van der Waals surface area contributed by atoms with E-state index in [1.807, 2.05) is 0 Å². The first-order chi connectivity index (χ1) is 8.65. The molecule has 2 heterocycles. The van der Waals surface area contributed by atoms with E-state index in [0.717, 1.165) is 19.4 Å². The van der Waals surface area contributed by atoms with Gasteiger partial charge >= 0.3 is 5.69 Å². The van der Waals surface area contributed by atoms with E-state index >= 15 is 0 Å². The molecule has 1 aliphatic heterocycles. The predicted molar refractivity (Wildman–Crippen MR) is 68.2 cm³/mol. The van der Waals surface area contributed by atoms with E-state index in [4.69, 9.17) is 0 Å². The molecule has 96 valence electrons. The number of likely N-dealkylation sites (N-methyl/N-ethyl adjacent to an activating group) is 1. The van der Waals surface area contributed by atoms with E-state index in [1.54, 1.807) is 10.6 Å². The van der Waals surface area contributed by atoms with Crippen LogP contribution < -0.4 is 5.69 Å². The number of aromatic amines is 1. The van der Waals surface area contributed by atoms with Crippen molar-refractivity contribution in [2.75, 3.05) is 13.6 Å². The average Bonchev–Trinajstić information content (AvgIpc) is 2.86. The van der Waals surface area contributed by atoms with E-state index in [1.165, 1.54) is 12.1 Å². The van der Waals surface area contributed by atoms with Crippen LogP contribution >= 0.6 is 0 Å². The molecule has 1 aliphatic rings. The van der Waals surface area contributed by atoms with Gasteiger partial charge in [0.1, 0.15) is 5.82 Å². The largest absolute Gasteiger partial charge is 0.326 e. The van der Waals surface area contributed by atoms with Crippen LogP contribution in [0.2, 0.25) is 0 Å². The Bertz CT molecular complexity index is 631. The van der Waals surface area contributed by atoms with E-state index in [-0.39, 0.29) is 11.5 Å². The molecule has 3 rings (SSSR count). The van der Waals surface area contributed by atoms with Crippen molar-refractivity contribution < 1.29 is 4.39 Å². The lowest BCUT2D eigenvalue weighted by Crippen LogP contribution is -2.32. The number of halogens is 1. The second-order valence-electron chi connectivity index (χ2n) is 4.98. The SMILES string of the molecule is CN1CCCC1Cn1c(=O)[nH]c2ccc(F)cc21. The third-order valence-electron chi connectivity index (χ3n) is 3.80. The number of imidazole rings is 1. The molecule has 0 aliphatic carbocycles. The number of likely N-dealkylation sites (tertiary alicyclic amines) is 1. The van der Waals surface area contributed by atoms with Crippen molar-refractivity contribution >= 4 is 11.0 Å². The molecule has 4 nitrogen and oxygen atoms in total. The van der Waals surface area contributed by atoms with Gasteiger partial charge in [0, 0.05) is 12.6 Å². The standard InChI is InChI=1S/C13H16FN3O/c1-16-6-2-3-10(16)8-17-12-7-9(14)4-5-11(12)15-13(17)18/h4-5,7,10H,2-3,6,8H2,1H3,(H,15,18). The summed E-state index contributed by atoms with van der Waals surface area (Å²) in [7, 11) is 2.07. The summed E-state index contributed by atoms with van der Waals surface area (Å²) in [5.41, 5.74) is 1.19. The molecule has 1 fully saturated rings. The molecular formula is C13H16FN3O. The quantitative estimate of drug-likeness (QED) is 0.877. The molecule has 2 aromatic rings. The third kappa shape index (κ3) is 1.84. The van der Waals surface area contributed by atoms with Crippen LogP contribution in [0.25, 0.3) is 11.0 Å². The molecule has 0 radical (unpaired) electrons. The van der Waals surface area contributed by atoms with Gasteiger partial charge in [0.05, 0.1) is 11.0 Å². The lowest BCUT2D eigenvalue weighted by molar-refractivity contribution is 0.282. The Morgan fingerprint density at radius 2 is 2.33 bits per heavy atom. The van der Waals surface area contributed by atoms with Crippen LogP contribution in [-0.2, 0) is 6.54 Å². The average molecular weight is 249 g/mol. The minimum absolute atomic E-state index is 0.157. The topological polar surface area (TPSA) is 41.0 Å². The molecule has 1 aromatic carbocycles.